The smallest absolute Gasteiger partial charge is 0.251 e. The van der Waals surface area contributed by atoms with Crippen molar-refractivity contribution in [3.63, 3.8) is 0 Å². The second-order valence-electron chi connectivity index (χ2n) is 7.38. The van der Waals surface area contributed by atoms with E-state index in [1.165, 1.54) is 4.88 Å². The Morgan fingerprint density at radius 1 is 1.07 bits per heavy atom. The molecule has 0 spiro atoms. The van der Waals surface area contributed by atoms with Crippen LogP contribution in [0.5, 0.6) is 0 Å². The second-order valence-corrected chi connectivity index (χ2v) is 8.42. The summed E-state index contributed by atoms with van der Waals surface area (Å²) in [6.07, 6.45) is 0.837. The molecule has 6 heteroatoms. The second kappa shape index (κ2) is 9.85. The number of carbonyl (C=O) groups excluding carboxylic acids is 2. The van der Waals surface area contributed by atoms with Crippen LogP contribution in [0, 0.1) is 5.92 Å². The van der Waals surface area contributed by atoms with E-state index in [1.54, 1.807) is 23.5 Å². The molecule has 1 aliphatic rings. The first-order chi connectivity index (χ1) is 13.6. The predicted molar refractivity (Wildman–Crippen MR) is 113 cm³/mol. The monoisotopic (exact) mass is 399 g/mol. The van der Waals surface area contributed by atoms with Gasteiger partial charge in [-0.25, -0.2) is 0 Å². The highest BCUT2D eigenvalue weighted by atomic mass is 32.1. The summed E-state index contributed by atoms with van der Waals surface area (Å²) in [5.74, 6) is -0.0608. The molecule has 5 nitrogen and oxygen atoms in total. The SMILES string of the molecule is CC[C@H](C)[C@H](NC(=O)c1ccccc1)C(=O)N1CCN(Cc2cccs2)CC1. The van der Waals surface area contributed by atoms with Gasteiger partial charge in [-0.1, -0.05) is 44.5 Å². The summed E-state index contributed by atoms with van der Waals surface area (Å²) in [5.41, 5.74) is 0.587. The lowest BCUT2D eigenvalue weighted by atomic mass is 9.97. The van der Waals surface area contributed by atoms with E-state index in [9.17, 15) is 9.59 Å². The van der Waals surface area contributed by atoms with Crippen molar-refractivity contribution in [1.29, 1.82) is 0 Å². The van der Waals surface area contributed by atoms with Crippen molar-refractivity contribution in [1.82, 2.24) is 15.1 Å². The fraction of sp³-hybridized carbons (Fsp3) is 0.455. The van der Waals surface area contributed by atoms with Gasteiger partial charge in [-0.2, -0.15) is 0 Å². The lowest BCUT2D eigenvalue weighted by Gasteiger charge is -2.37. The lowest BCUT2D eigenvalue weighted by molar-refractivity contribution is -0.136. The van der Waals surface area contributed by atoms with Gasteiger partial charge in [-0.05, 0) is 29.5 Å². The standard InChI is InChI=1S/C22H29N3O2S/c1-3-17(2)20(23-21(26)18-8-5-4-6-9-18)22(27)25-13-11-24(12-14-25)16-19-10-7-15-28-19/h4-10,15,17,20H,3,11-14,16H2,1-2H3,(H,23,26)/t17-,20-/m0/s1. The van der Waals surface area contributed by atoms with Crippen molar-refractivity contribution in [3.8, 4) is 0 Å². The molecule has 1 fully saturated rings. The van der Waals surface area contributed by atoms with E-state index < -0.39 is 6.04 Å². The molecule has 2 amide bonds. The zero-order valence-electron chi connectivity index (χ0n) is 16.6. The van der Waals surface area contributed by atoms with Crippen LogP contribution in [0.15, 0.2) is 47.8 Å². The van der Waals surface area contributed by atoms with Crippen molar-refractivity contribution in [3.05, 3.63) is 58.3 Å². The molecule has 28 heavy (non-hydrogen) atoms. The summed E-state index contributed by atoms with van der Waals surface area (Å²) in [7, 11) is 0. The molecule has 150 valence electrons. The van der Waals surface area contributed by atoms with Crippen molar-refractivity contribution >= 4 is 23.2 Å². The molecular weight excluding hydrogens is 370 g/mol. The van der Waals surface area contributed by atoms with E-state index in [0.717, 1.165) is 26.1 Å². The molecule has 2 heterocycles. The molecule has 3 rings (SSSR count). The zero-order valence-corrected chi connectivity index (χ0v) is 17.5. The van der Waals surface area contributed by atoms with Crippen LogP contribution in [0.2, 0.25) is 0 Å². The molecule has 0 saturated carbocycles. The molecule has 0 bridgehead atoms. The Morgan fingerprint density at radius 3 is 2.39 bits per heavy atom. The number of thiophene rings is 1. The van der Waals surface area contributed by atoms with E-state index in [1.807, 2.05) is 30.0 Å². The van der Waals surface area contributed by atoms with Crippen LogP contribution in [-0.2, 0) is 11.3 Å². The van der Waals surface area contributed by atoms with Crippen molar-refractivity contribution < 1.29 is 9.59 Å². The number of benzene rings is 1. The molecular formula is C22H29N3O2S. The first-order valence-corrected chi connectivity index (χ1v) is 10.9. The Hall–Kier alpha value is -2.18. The maximum Gasteiger partial charge on any atom is 0.251 e. The maximum absolute atomic E-state index is 13.2. The van der Waals surface area contributed by atoms with Crippen molar-refractivity contribution in [2.45, 2.75) is 32.9 Å². The van der Waals surface area contributed by atoms with Crippen molar-refractivity contribution in [2.75, 3.05) is 26.2 Å². The minimum atomic E-state index is -0.485. The average Bonchev–Trinajstić information content (AvgIpc) is 3.25. The molecule has 0 aliphatic carbocycles. The number of nitrogens with one attached hydrogen (secondary N) is 1. The maximum atomic E-state index is 13.2. The molecule has 1 aliphatic heterocycles. The van der Waals surface area contributed by atoms with Gasteiger partial charge in [0.2, 0.25) is 5.91 Å². The highest BCUT2D eigenvalue weighted by Crippen LogP contribution is 2.16. The van der Waals surface area contributed by atoms with Gasteiger partial charge in [-0.3, -0.25) is 14.5 Å². The number of carbonyl (C=O) groups is 2. The van der Waals surface area contributed by atoms with Gasteiger partial charge < -0.3 is 10.2 Å². The number of hydrogen-bond acceptors (Lipinski definition) is 4. The number of hydrogen-bond donors (Lipinski definition) is 1. The normalized spacial score (nSPS) is 17.1. The lowest BCUT2D eigenvalue weighted by Crippen LogP contribution is -2.56. The highest BCUT2D eigenvalue weighted by molar-refractivity contribution is 7.09. The predicted octanol–water partition coefficient (Wildman–Crippen LogP) is 3.24. The Balaban J connectivity index is 1.59. The minimum absolute atomic E-state index is 0.0365. The van der Waals surface area contributed by atoms with Gasteiger partial charge in [-0.15, -0.1) is 11.3 Å². The zero-order chi connectivity index (χ0) is 19.9. The largest absolute Gasteiger partial charge is 0.340 e. The van der Waals surface area contributed by atoms with E-state index in [0.29, 0.717) is 18.7 Å². The summed E-state index contributed by atoms with van der Waals surface area (Å²) < 4.78 is 0. The molecule has 2 atom stereocenters. The van der Waals surface area contributed by atoms with Crippen LogP contribution in [0.3, 0.4) is 0 Å². The number of amides is 2. The van der Waals surface area contributed by atoms with Crippen LogP contribution in [0.25, 0.3) is 0 Å². The summed E-state index contributed by atoms with van der Waals surface area (Å²) in [6.45, 7) is 8.17. The Kier molecular flexibility index (Phi) is 7.23. The summed E-state index contributed by atoms with van der Waals surface area (Å²) in [4.78, 5) is 31.4. The van der Waals surface area contributed by atoms with Crippen LogP contribution in [-0.4, -0.2) is 53.8 Å². The molecule has 1 saturated heterocycles. The third-order valence-electron chi connectivity index (χ3n) is 5.45. The number of nitrogens with zero attached hydrogens (tertiary/aromatic N) is 2. The van der Waals surface area contributed by atoms with Crippen LogP contribution < -0.4 is 5.32 Å². The van der Waals surface area contributed by atoms with Crippen LogP contribution >= 0.6 is 11.3 Å². The quantitative estimate of drug-likeness (QED) is 0.778. The molecule has 0 unspecified atom stereocenters. The van der Waals surface area contributed by atoms with E-state index in [2.05, 4.69) is 34.7 Å². The van der Waals surface area contributed by atoms with Crippen LogP contribution in [0.1, 0.15) is 35.5 Å². The van der Waals surface area contributed by atoms with Crippen molar-refractivity contribution in [2.24, 2.45) is 5.92 Å². The van der Waals surface area contributed by atoms with Gasteiger partial charge in [0.15, 0.2) is 0 Å². The van der Waals surface area contributed by atoms with Gasteiger partial charge in [0.05, 0.1) is 0 Å². The fourth-order valence-electron chi connectivity index (χ4n) is 3.44. The molecule has 0 radical (unpaired) electrons. The molecule has 1 N–H and O–H groups in total. The number of piperazine rings is 1. The summed E-state index contributed by atoms with van der Waals surface area (Å²) in [5, 5.41) is 5.09. The number of rotatable bonds is 7. The van der Waals surface area contributed by atoms with Gasteiger partial charge >= 0.3 is 0 Å². The Bertz CT molecular complexity index is 755. The highest BCUT2D eigenvalue weighted by Gasteiger charge is 2.32. The molecule has 1 aromatic heterocycles. The summed E-state index contributed by atoms with van der Waals surface area (Å²) >= 11 is 1.77. The van der Waals surface area contributed by atoms with Crippen LogP contribution in [0.4, 0.5) is 0 Å². The third-order valence-corrected chi connectivity index (χ3v) is 6.31. The van der Waals surface area contributed by atoms with Gasteiger partial charge in [0, 0.05) is 43.2 Å². The van der Waals surface area contributed by atoms with E-state index in [-0.39, 0.29) is 17.7 Å². The first-order valence-electron chi connectivity index (χ1n) is 9.98. The minimum Gasteiger partial charge on any atom is -0.340 e. The average molecular weight is 400 g/mol. The Labute approximate surface area is 171 Å². The molecule has 2 aromatic rings. The van der Waals surface area contributed by atoms with E-state index in [4.69, 9.17) is 0 Å². The fourth-order valence-corrected chi connectivity index (χ4v) is 4.19. The third kappa shape index (κ3) is 5.20. The first kappa shape index (κ1) is 20.6. The van der Waals surface area contributed by atoms with Gasteiger partial charge in [0.1, 0.15) is 6.04 Å². The topological polar surface area (TPSA) is 52.7 Å². The van der Waals surface area contributed by atoms with E-state index >= 15 is 0 Å². The summed E-state index contributed by atoms with van der Waals surface area (Å²) in [6, 6.07) is 12.8. The Morgan fingerprint density at radius 2 is 1.79 bits per heavy atom. The van der Waals surface area contributed by atoms with Gasteiger partial charge in [0.25, 0.3) is 5.91 Å². The molecule has 1 aromatic carbocycles.